The minimum absolute atomic E-state index is 0.221. The van der Waals surface area contributed by atoms with E-state index in [9.17, 15) is 30.0 Å². The summed E-state index contributed by atoms with van der Waals surface area (Å²) in [5.74, 6) is -0.818. The van der Waals surface area contributed by atoms with Crippen LogP contribution in [0.3, 0.4) is 0 Å². The Hall–Kier alpha value is -1.82. The lowest BCUT2D eigenvalue weighted by atomic mass is 9.99. The van der Waals surface area contributed by atoms with E-state index in [1.807, 2.05) is 0 Å². The standard InChI is InChI=1S/C43H78O10/c1-3-5-7-9-11-13-15-17-18-20-21-23-25-27-29-31-38(45)50-34-36(35-51-43-42(49)41(48)40(47)37(33-44)53-43)52-39(46)32-30-28-26-24-22-19-16-14-12-10-8-6-4-2/h11,13,17-18,36-37,40-44,47-49H,3-10,12,14-16,19-35H2,1-2H3/b13-11+,18-17+/t36-,37-,40+,41?,42?,43-/m0/s1. The van der Waals surface area contributed by atoms with Crippen molar-refractivity contribution in [1.82, 2.24) is 0 Å². The summed E-state index contributed by atoms with van der Waals surface area (Å²) in [6.45, 7) is 3.38. The van der Waals surface area contributed by atoms with Gasteiger partial charge in [0, 0.05) is 12.8 Å². The largest absolute Gasteiger partial charge is 0.462 e. The predicted molar refractivity (Wildman–Crippen MR) is 210 cm³/mol. The number of aliphatic hydroxyl groups excluding tert-OH is 4. The number of aliphatic hydroxyl groups is 4. The minimum Gasteiger partial charge on any atom is -0.462 e. The highest BCUT2D eigenvalue weighted by atomic mass is 16.7. The molecule has 0 aromatic heterocycles. The van der Waals surface area contributed by atoms with Crippen LogP contribution in [0.1, 0.15) is 181 Å². The summed E-state index contributed by atoms with van der Waals surface area (Å²) in [5, 5.41) is 40.0. The van der Waals surface area contributed by atoms with Gasteiger partial charge in [-0.3, -0.25) is 9.59 Å². The van der Waals surface area contributed by atoms with Gasteiger partial charge in [0.15, 0.2) is 12.4 Å². The van der Waals surface area contributed by atoms with Crippen LogP contribution >= 0.6 is 0 Å². The normalized spacial score (nSPS) is 21.1. The molecule has 6 atom stereocenters. The fourth-order valence-corrected chi connectivity index (χ4v) is 6.39. The molecule has 1 aliphatic rings. The Labute approximate surface area is 322 Å². The van der Waals surface area contributed by atoms with Crippen molar-refractivity contribution < 1.29 is 49.0 Å². The molecule has 1 aliphatic heterocycles. The summed E-state index contributed by atoms with van der Waals surface area (Å²) in [4.78, 5) is 25.2. The van der Waals surface area contributed by atoms with Gasteiger partial charge in [0.05, 0.1) is 13.2 Å². The maximum Gasteiger partial charge on any atom is 0.306 e. The number of rotatable bonds is 35. The van der Waals surface area contributed by atoms with Crippen molar-refractivity contribution in [2.24, 2.45) is 0 Å². The lowest BCUT2D eigenvalue weighted by Gasteiger charge is -2.39. The number of unbranched alkanes of at least 4 members (excludes halogenated alkanes) is 20. The van der Waals surface area contributed by atoms with Gasteiger partial charge in [-0.05, 0) is 44.9 Å². The van der Waals surface area contributed by atoms with E-state index >= 15 is 0 Å². The molecule has 0 amide bonds. The van der Waals surface area contributed by atoms with E-state index in [0.29, 0.717) is 12.8 Å². The molecule has 10 heteroatoms. The molecule has 0 aliphatic carbocycles. The van der Waals surface area contributed by atoms with E-state index in [2.05, 4.69) is 38.2 Å². The topological polar surface area (TPSA) is 152 Å². The van der Waals surface area contributed by atoms with Gasteiger partial charge in [-0.25, -0.2) is 0 Å². The Bertz CT molecular complexity index is 923. The van der Waals surface area contributed by atoms with Gasteiger partial charge in [0.2, 0.25) is 0 Å². The molecular formula is C43H78O10. The zero-order valence-electron chi connectivity index (χ0n) is 33.5. The molecule has 2 unspecified atom stereocenters. The van der Waals surface area contributed by atoms with Gasteiger partial charge in [-0.2, -0.15) is 0 Å². The number of hydrogen-bond acceptors (Lipinski definition) is 10. The van der Waals surface area contributed by atoms with Gasteiger partial charge in [-0.15, -0.1) is 0 Å². The average molecular weight is 755 g/mol. The lowest BCUT2D eigenvalue weighted by Crippen LogP contribution is -2.59. The molecule has 53 heavy (non-hydrogen) atoms. The van der Waals surface area contributed by atoms with Crippen molar-refractivity contribution >= 4 is 11.9 Å². The Balaban J connectivity index is 2.36. The zero-order chi connectivity index (χ0) is 38.8. The van der Waals surface area contributed by atoms with Crippen molar-refractivity contribution in [1.29, 1.82) is 0 Å². The van der Waals surface area contributed by atoms with Gasteiger partial charge in [0.1, 0.15) is 31.0 Å². The van der Waals surface area contributed by atoms with Gasteiger partial charge < -0.3 is 39.4 Å². The summed E-state index contributed by atoms with van der Waals surface area (Å²) in [7, 11) is 0. The Morgan fingerprint density at radius 2 is 1.06 bits per heavy atom. The molecule has 0 aromatic carbocycles. The van der Waals surface area contributed by atoms with E-state index in [0.717, 1.165) is 57.8 Å². The maximum absolute atomic E-state index is 12.7. The molecule has 1 heterocycles. The van der Waals surface area contributed by atoms with Crippen LogP contribution in [0.2, 0.25) is 0 Å². The highest BCUT2D eigenvalue weighted by molar-refractivity contribution is 5.70. The third kappa shape index (κ3) is 26.6. The van der Waals surface area contributed by atoms with E-state index in [4.69, 9.17) is 18.9 Å². The molecule has 0 radical (unpaired) electrons. The minimum atomic E-state index is -1.59. The zero-order valence-corrected chi connectivity index (χ0v) is 33.5. The summed E-state index contributed by atoms with van der Waals surface area (Å²) in [5.41, 5.74) is 0. The first-order valence-corrected chi connectivity index (χ1v) is 21.4. The number of esters is 2. The fraction of sp³-hybridized carbons (Fsp3) is 0.860. The number of allylic oxidation sites excluding steroid dienone is 4. The second-order valence-corrected chi connectivity index (χ2v) is 14.8. The summed E-state index contributed by atoms with van der Waals surface area (Å²) in [6, 6.07) is 0. The Morgan fingerprint density at radius 3 is 1.60 bits per heavy atom. The van der Waals surface area contributed by atoms with Gasteiger partial charge >= 0.3 is 11.9 Å². The number of ether oxygens (including phenoxy) is 4. The molecule has 0 saturated carbocycles. The third-order valence-corrected chi connectivity index (χ3v) is 9.84. The number of hydrogen-bond donors (Lipinski definition) is 4. The maximum atomic E-state index is 12.7. The van der Waals surface area contributed by atoms with Crippen molar-refractivity contribution in [2.45, 2.75) is 218 Å². The number of carbonyl (C=O) groups excluding carboxylic acids is 2. The van der Waals surface area contributed by atoms with E-state index in [-0.39, 0.29) is 32.0 Å². The number of carbonyl (C=O) groups is 2. The second-order valence-electron chi connectivity index (χ2n) is 14.8. The van der Waals surface area contributed by atoms with Crippen LogP contribution in [0.5, 0.6) is 0 Å². The van der Waals surface area contributed by atoms with E-state index < -0.39 is 49.4 Å². The Morgan fingerprint density at radius 1 is 0.585 bits per heavy atom. The summed E-state index contributed by atoms with van der Waals surface area (Å²) >= 11 is 0. The predicted octanol–water partition coefficient (Wildman–Crippen LogP) is 8.55. The van der Waals surface area contributed by atoms with Crippen molar-refractivity contribution in [2.75, 3.05) is 19.8 Å². The molecule has 0 aromatic rings. The Kier molecular flexibility index (Phi) is 32.2. The molecule has 310 valence electrons. The van der Waals surface area contributed by atoms with Crippen LogP contribution < -0.4 is 0 Å². The highest BCUT2D eigenvalue weighted by Gasteiger charge is 2.44. The fourth-order valence-electron chi connectivity index (χ4n) is 6.39. The first-order valence-electron chi connectivity index (χ1n) is 21.4. The van der Waals surface area contributed by atoms with Crippen LogP contribution in [0.25, 0.3) is 0 Å². The molecule has 1 fully saturated rings. The lowest BCUT2D eigenvalue weighted by molar-refractivity contribution is -0.305. The monoisotopic (exact) mass is 755 g/mol. The van der Waals surface area contributed by atoms with Crippen molar-refractivity contribution in [3.63, 3.8) is 0 Å². The summed E-state index contributed by atoms with van der Waals surface area (Å²) < 4.78 is 22.1. The molecular weight excluding hydrogens is 676 g/mol. The van der Waals surface area contributed by atoms with E-state index in [1.54, 1.807) is 0 Å². The SMILES string of the molecule is CCCCC/C=C/C/C=C/CCCCCCCC(=O)OC[C@@H](CO[C@H]1O[C@@H](CO)[C@@H](O)C(O)C1O)OC(=O)CCCCCCCCCCCCCCC. The van der Waals surface area contributed by atoms with Crippen LogP contribution in [0.15, 0.2) is 24.3 Å². The first-order chi connectivity index (χ1) is 25.8. The van der Waals surface area contributed by atoms with Crippen LogP contribution in [0.4, 0.5) is 0 Å². The molecule has 1 saturated heterocycles. The highest BCUT2D eigenvalue weighted by Crippen LogP contribution is 2.22. The first kappa shape index (κ1) is 49.2. The molecule has 4 N–H and O–H groups in total. The quantitative estimate of drug-likeness (QED) is 0.0281. The van der Waals surface area contributed by atoms with E-state index in [1.165, 1.54) is 83.5 Å². The van der Waals surface area contributed by atoms with Crippen molar-refractivity contribution in [3.05, 3.63) is 24.3 Å². The molecule has 10 nitrogen and oxygen atoms in total. The third-order valence-electron chi connectivity index (χ3n) is 9.84. The molecule has 0 bridgehead atoms. The van der Waals surface area contributed by atoms with Crippen LogP contribution in [0, 0.1) is 0 Å². The molecule has 1 rings (SSSR count). The van der Waals surface area contributed by atoms with Gasteiger partial charge in [-0.1, -0.05) is 147 Å². The van der Waals surface area contributed by atoms with Crippen LogP contribution in [-0.4, -0.2) is 89.0 Å². The molecule has 0 spiro atoms. The average Bonchev–Trinajstić information content (AvgIpc) is 3.15. The second kappa shape index (κ2) is 34.7. The summed E-state index contributed by atoms with van der Waals surface area (Å²) in [6.07, 6.45) is 28.9. The van der Waals surface area contributed by atoms with Crippen LogP contribution in [-0.2, 0) is 28.5 Å². The van der Waals surface area contributed by atoms with Crippen molar-refractivity contribution in [3.8, 4) is 0 Å². The van der Waals surface area contributed by atoms with Gasteiger partial charge in [0.25, 0.3) is 0 Å². The smallest absolute Gasteiger partial charge is 0.306 e.